The van der Waals surface area contributed by atoms with Gasteiger partial charge >= 0.3 is 0 Å². The highest BCUT2D eigenvalue weighted by Gasteiger charge is 2.38. The maximum Gasteiger partial charge on any atom is 0.246 e. The molecule has 6 heteroatoms. The minimum Gasteiger partial charge on any atom is -0.207 e. The molecule has 1 aliphatic heterocycles. The summed E-state index contributed by atoms with van der Waals surface area (Å²) in [4.78, 5) is 0.00108. The van der Waals surface area contributed by atoms with Gasteiger partial charge in [-0.3, -0.25) is 0 Å². The zero-order valence-electron chi connectivity index (χ0n) is 11.7. The van der Waals surface area contributed by atoms with Crippen LogP contribution in [-0.4, -0.2) is 19.3 Å². The standard InChI is InChI=1S/C16H15Cl2NO2S/c17-13-8-4-9-14(18)16(13)22(20,21)19-11-5-10-15(19)12-6-2-1-3-7-12/h1-4,6-9,15H,5,10-11H2. The summed E-state index contributed by atoms with van der Waals surface area (Å²) < 4.78 is 27.5. The van der Waals surface area contributed by atoms with Crippen molar-refractivity contribution in [2.24, 2.45) is 0 Å². The van der Waals surface area contributed by atoms with Gasteiger partial charge in [0.15, 0.2) is 0 Å². The average Bonchev–Trinajstić information content (AvgIpc) is 2.98. The molecule has 3 rings (SSSR count). The van der Waals surface area contributed by atoms with Crippen molar-refractivity contribution in [3.05, 3.63) is 64.1 Å². The minimum atomic E-state index is -3.73. The van der Waals surface area contributed by atoms with E-state index in [-0.39, 0.29) is 21.0 Å². The topological polar surface area (TPSA) is 37.4 Å². The first-order valence-corrected chi connectivity index (χ1v) is 9.22. The van der Waals surface area contributed by atoms with Crippen molar-refractivity contribution in [1.29, 1.82) is 0 Å². The molecule has 0 aliphatic carbocycles. The lowest BCUT2D eigenvalue weighted by molar-refractivity contribution is 0.397. The number of sulfonamides is 1. The van der Waals surface area contributed by atoms with Gasteiger partial charge in [0.1, 0.15) is 4.90 Å². The molecule has 1 unspecified atom stereocenters. The first-order valence-electron chi connectivity index (χ1n) is 7.02. The number of halogens is 2. The van der Waals surface area contributed by atoms with Gasteiger partial charge in [0.05, 0.1) is 16.1 Å². The SMILES string of the molecule is O=S(=O)(c1c(Cl)cccc1Cl)N1CCCC1c1ccccc1. The van der Waals surface area contributed by atoms with Gasteiger partial charge in [-0.25, -0.2) is 8.42 Å². The molecule has 0 amide bonds. The third-order valence-corrected chi connectivity index (χ3v) is 6.74. The Morgan fingerprint density at radius 3 is 2.23 bits per heavy atom. The van der Waals surface area contributed by atoms with Gasteiger partial charge in [0.25, 0.3) is 0 Å². The molecule has 1 saturated heterocycles. The van der Waals surface area contributed by atoms with Crippen LogP contribution in [0, 0.1) is 0 Å². The first kappa shape index (κ1) is 15.8. The molecule has 0 saturated carbocycles. The van der Waals surface area contributed by atoms with Gasteiger partial charge in [-0.05, 0) is 30.5 Å². The first-order chi connectivity index (χ1) is 10.5. The molecule has 0 radical (unpaired) electrons. The molecule has 1 fully saturated rings. The molecule has 3 nitrogen and oxygen atoms in total. The van der Waals surface area contributed by atoms with Crippen molar-refractivity contribution in [3.63, 3.8) is 0 Å². The molecule has 0 N–H and O–H groups in total. The lowest BCUT2D eigenvalue weighted by atomic mass is 10.1. The molecule has 1 aliphatic rings. The van der Waals surface area contributed by atoms with Gasteiger partial charge in [-0.15, -0.1) is 0 Å². The summed E-state index contributed by atoms with van der Waals surface area (Å²) in [5.74, 6) is 0. The van der Waals surface area contributed by atoms with E-state index >= 15 is 0 Å². The Morgan fingerprint density at radius 2 is 1.59 bits per heavy atom. The van der Waals surface area contributed by atoms with Gasteiger partial charge in [-0.1, -0.05) is 59.6 Å². The molecule has 0 aromatic heterocycles. The maximum atomic E-state index is 13.0. The quantitative estimate of drug-likeness (QED) is 0.811. The Hall–Kier alpha value is -1.07. The van der Waals surface area contributed by atoms with Crippen LogP contribution in [-0.2, 0) is 10.0 Å². The molecule has 2 aromatic rings. The Bertz CT molecular complexity index is 758. The highest BCUT2D eigenvalue weighted by atomic mass is 35.5. The van der Waals surface area contributed by atoms with Crippen molar-refractivity contribution in [2.75, 3.05) is 6.54 Å². The predicted octanol–water partition coefficient (Wildman–Crippen LogP) is 4.52. The predicted molar refractivity (Wildman–Crippen MR) is 88.8 cm³/mol. The van der Waals surface area contributed by atoms with E-state index in [1.54, 1.807) is 18.2 Å². The molecule has 1 atom stereocenters. The molecule has 0 bridgehead atoms. The van der Waals surface area contributed by atoms with E-state index in [4.69, 9.17) is 23.2 Å². The zero-order chi connectivity index (χ0) is 15.7. The molecule has 116 valence electrons. The van der Waals surface area contributed by atoms with Gasteiger partial charge in [0.2, 0.25) is 10.0 Å². The monoisotopic (exact) mass is 355 g/mol. The second-order valence-electron chi connectivity index (χ2n) is 5.24. The number of benzene rings is 2. The van der Waals surface area contributed by atoms with Crippen LogP contribution >= 0.6 is 23.2 Å². The molecule has 22 heavy (non-hydrogen) atoms. The van der Waals surface area contributed by atoms with Crippen LogP contribution in [0.3, 0.4) is 0 Å². The second kappa shape index (κ2) is 6.20. The number of nitrogens with zero attached hydrogens (tertiary/aromatic N) is 1. The number of rotatable bonds is 3. The van der Waals surface area contributed by atoms with E-state index in [1.165, 1.54) is 4.31 Å². The highest BCUT2D eigenvalue weighted by molar-refractivity contribution is 7.89. The van der Waals surface area contributed by atoms with Crippen molar-refractivity contribution >= 4 is 33.2 Å². The number of hydrogen-bond acceptors (Lipinski definition) is 2. The van der Waals surface area contributed by atoms with Gasteiger partial charge < -0.3 is 0 Å². The summed E-state index contributed by atoms with van der Waals surface area (Å²) in [5.41, 5.74) is 0.992. The summed E-state index contributed by atoms with van der Waals surface area (Å²) >= 11 is 12.2. The van der Waals surface area contributed by atoms with Gasteiger partial charge in [-0.2, -0.15) is 4.31 Å². The van der Waals surface area contributed by atoms with Crippen molar-refractivity contribution in [1.82, 2.24) is 4.31 Å². The summed E-state index contributed by atoms with van der Waals surface area (Å²) in [7, 11) is -3.73. The molecular weight excluding hydrogens is 341 g/mol. The largest absolute Gasteiger partial charge is 0.246 e. The van der Waals surface area contributed by atoms with Crippen molar-refractivity contribution in [2.45, 2.75) is 23.8 Å². The van der Waals surface area contributed by atoms with Crippen LogP contribution in [0.4, 0.5) is 0 Å². The smallest absolute Gasteiger partial charge is 0.207 e. The second-order valence-corrected chi connectivity index (χ2v) is 7.88. The van der Waals surface area contributed by atoms with Crippen LogP contribution in [0.2, 0.25) is 10.0 Å². The summed E-state index contributed by atoms with van der Waals surface area (Å²) in [5, 5.41) is 0.317. The van der Waals surface area contributed by atoms with Crippen LogP contribution < -0.4 is 0 Å². The third-order valence-electron chi connectivity index (χ3n) is 3.87. The van der Waals surface area contributed by atoms with Crippen LogP contribution in [0.5, 0.6) is 0 Å². The summed E-state index contributed by atoms with van der Waals surface area (Å²) in [6, 6.07) is 14.2. The Labute approximate surface area is 140 Å². The van der Waals surface area contributed by atoms with E-state index in [0.29, 0.717) is 6.54 Å². The molecule has 2 aromatic carbocycles. The van der Waals surface area contributed by atoms with E-state index < -0.39 is 10.0 Å². The Morgan fingerprint density at radius 1 is 0.955 bits per heavy atom. The normalized spacial score (nSPS) is 19.5. The molecular formula is C16H15Cl2NO2S. The third kappa shape index (κ3) is 2.76. The Balaban J connectivity index is 2.05. The average molecular weight is 356 g/mol. The fraction of sp³-hybridized carbons (Fsp3) is 0.250. The van der Waals surface area contributed by atoms with Crippen LogP contribution in [0.25, 0.3) is 0 Å². The van der Waals surface area contributed by atoms with E-state index in [0.717, 1.165) is 18.4 Å². The van der Waals surface area contributed by atoms with Crippen LogP contribution in [0.1, 0.15) is 24.4 Å². The maximum absolute atomic E-state index is 13.0. The van der Waals surface area contributed by atoms with E-state index in [9.17, 15) is 8.42 Å². The summed E-state index contributed by atoms with van der Waals surface area (Å²) in [6.45, 7) is 0.476. The Kier molecular flexibility index (Phi) is 4.46. The minimum absolute atomic E-state index is 0.00108. The highest BCUT2D eigenvalue weighted by Crippen LogP contribution is 2.40. The van der Waals surface area contributed by atoms with E-state index in [2.05, 4.69) is 0 Å². The lowest BCUT2D eigenvalue weighted by Gasteiger charge is -2.25. The number of hydrogen-bond donors (Lipinski definition) is 0. The lowest BCUT2D eigenvalue weighted by Crippen LogP contribution is -2.31. The van der Waals surface area contributed by atoms with Gasteiger partial charge in [0, 0.05) is 6.54 Å². The molecule has 0 spiro atoms. The van der Waals surface area contributed by atoms with Crippen molar-refractivity contribution in [3.8, 4) is 0 Å². The van der Waals surface area contributed by atoms with E-state index in [1.807, 2.05) is 30.3 Å². The fourth-order valence-corrected chi connectivity index (χ4v) is 5.66. The fourth-order valence-electron chi connectivity index (χ4n) is 2.88. The zero-order valence-corrected chi connectivity index (χ0v) is 14.1. The molecule has 1 heterocycles. The van der Waals surface area contributed by atoms with Crippen molar-refractivity contribution < 1.29 is 8.42 Å². The van der Waals surface area contributed by atoms with Crippen LogP contribution in [0.15, 0.2) is 53.4 Å². The summed E-state index contributed by atoms with van der Waals surface area (Å²) in [6.07, 6.45) is 1.62.